The molecule has 1 aromatic carbocycles. The highest BCUT2D eigenvalue weighted by Gasteiger charge is 2.21. The molecule has 0 aliphatic heterocycles. The van der Waals surface area contributed by atoms with Crippen molar-refractivity contribution < 1.29 is 13.3 Å². The normalized spacial score (nSPS) is 10.8. The van der Waals surface area contributed by atoms with Gasteiger partial charge < -0.3 is 4.90 Å². The summed E-state index contributed by atoms with van der Waals surface area (Å²) in [6.07, 6.45) is 0.199. The molecule has 0 fully saturated rings. The minimum atomic E-state index is -3.99. The Bertz CT molecular complexity index is 635. The molecule has 102 valence electrons. The summed E-state index contributed by atoms with van der Waals surface area (Å²) in [4.78, 5) is 11.5. The van der Waals surface area contributed by atoms with Crippen LogP contribution in [0.25, 0.3) is 0 Å². The van der Waals surface area contributed by atoms with Gasteiger partial charge in [-0.3, -0.25) is 10.1 Å². The smallest absolute Gasteiger partial charge is 0.293 e. The number of hydrogen-bond donors (Lipinski definition) is 1. The SMILES string of the molecule is CN(CCC#N)c1ccc(S(N)(=O)=O)cc1[N+](=O)[O-]. The van der Waals surface area contributed by atoms with Crippen LogP contribution in [0, 0.1) is 21.4 Å². The summed E-state index contributed by atoms with van der Waals surface area (Å²) in [6.45, 7) is 0.298. The van der Waals surface area contributed by atoms with Crippen LogP contribution in [0.15, 0.2) is 23.1 Å². The highest BCUT2D eigenvalue weighted by molar-refractivity contribution is 7.89. The fourth-order valence-corrected chi connectivity index (χ4v) is 2.02. The number of nitrogens with zero attached hydrogens (tertiary/aromatic N) is 3. The van der Waals surface area contributed by atoms with Crippen molar-refractivity contribution >= 4 is 21.4 Å². The van der Waals surface area contributed by atoms with E-state index in [1.165, 1.54) is 17.0 Å². The summed E-state index contributed by atoms with van der Waals surface area (Å²) in [5.41, 5.74) is -0.139. The van der Waals surface area contributed by atoms with Crippen molar-refractivity contribution in [1.82, 2.24) is 0 Å². The molecule has 0 unspecified atom stereocenters. The summed E-state index contributed by atoms with van der Waals surface area (Å²) >= 11 is 0. The van der Waals surface area contributed by atoms with Crippen LogP contribution in [0.3, 0.4) is 0 Å². The zero-order valence-electron chi connectivity index (χ0n) is 10.1. The lowest BCUT2D eigenvalue weighted by atomic mass is 10.2. The zero-order chi connectivity index (χ0) is 14.6. The van der Waals surface area contributed by atoms with Gasteiger partial charge in [0.1, 0.15) is 5.69 Å². The van der Waals surface area contributed by atoms with Gasteiger partial charge in [0.2, 0.25) is 10.0 Å². The maximum Gasteiger partial charge on any atom is 0.293 e. The molecule has 0 spiro atoms. The molecule has 0 radical (unpaired) electrons. The van der Waals surface area contributed by atoms with Crippen LogP contribution in [-0.4, -0.2) is 26.9 Å². The summed E-state index contributed by atoms with van der Waals surface area (Å²) in [6, 6.07) is 5.33. The number of primary sulfonamides is 1. The first-order valence-corrected chi connectivity index (χ1v) is 6.71. The van der Waals surface area contributed by atoms with Crippen molar-refractivity contribution in [1.29, 1.82) is 5.26 Å². The molecule has 1 aromatic rings. The molecule has 0 aliphatic carbocycles. The standard InChI is InChI=1S/C10H12N4O4S/c1-13(6-2-5-11)9-4-3-8(19(12,17)18)7-10(9)14(15)16/h3-4,7H,2,6H2,1H3,(H2,12,17,18). The van der Waals surface area contributed by atoms with Gasteiger partial charge in [-0.2, -0.15) is 5.26 Å². The summed E-state index contributed by atoms with van der Waals surface area (Å²) in [5, 5.41) is 24.4. The topological polar surface area (TPSA) is 130 Å². The van der Waals surface area contributed by atoms with Crippen molar-refractivity contribution in [2.45, 2.75) is 11.3 Å². The van der Waals surface area contributed by atoms with Gasteiger partial charge in [-0.25, -0.2) is 13.6 Å². The fourth-order valence-electron chi connectivity index (χ4n) is 1.49. The van der Waals surface area contributed by atoms with Crippen LogP contribution < -0.4 is 10.0 Å². The number of nitro benzene ring substituents is 1. The second-order valence-electron chi connectivity index (χ2n) is 3.78. The average Bonchev–Trinajstić information content (AvgIpc) is 2.34. The third kappa shape index (κ3) is 3.64. The van der Waals surface area contributed by atoms with Crippen LogP contribution in [0.4, 0.5) is 11.4 Å². The van der Waals surface area contributed by atoms with Crippen molar-refractivity contribution in [2.75, 3.05) is 18.5 Å². The second kappa shape index (κ2) is 5.64. The Hall–Kier alpha value is -2.18. The van der Waals surface area contributed by atoms with Crippen LogP contribution in [-0.2, 0) is 10.0 Å². The van der Waals surface area contributed by atoms with Crippen LogP contribution in [0.2, 0.25) is 0 Å². The number of anilines is 1. The molecule has 0 saturated heterocycles. The van der Waals surface area contributed by atoms with Gasteiger partial charge in [-0.05, 0) is 12.1 Å². The second-order valence-corrected chi connectivity index (χ2v) is 5.34. The van der Waals surface area contributed by atoms with Gasteiger partial charge in [0.25, 0.3) is 5.69 Å². The Kier molecular flexibility index (Phi) is 4.42. The first kappa shape index (κ1) is 14.9. The van der Waals surface area contributed by atoms with Crippen molar-refractivity contribution in [3.8, 4) is 6.07 Å². The Morgan fingerprint density at radius 1 is 1.53 bits per heavy atom. The Morgan fingerprint density at radius 3 is 2.63 bits per heavy atom. The highest BCUT2D eigenvalue weighted by Crippen LogP contribution is 2.29. The lowest BCUT2D eigenvalue weighted by Crippen LogP contribution is -2.20. The number of sulfonamides is 1. The molecule has 0 aromatic heterocycles. The molecule has 1 rings (SSSR count). The first-order valence-electron chi connectivity index (χ1n) is 5.16. The van der Waals surface area contributed by atoms with Crippen LogP contribution in [0.1, 0.15) is 6.42 Å². The third-order valence-electron chi connectivity index (χ3n) is 2.44. The van der Waals surface area contributed by atoms with Gasteiger partial charge >= 0.3 is 0 Å². The lowest BCUT2D eigenvalue weighted by molar-refractivity contribution is -0.384. The minimum absolute atomic E-state index is 0.199. The molecule has 2 N–H and O–H groups in total. The van der Waals surface area contributed by atoms with Gasteiger partial charge in [0, 0.05) is 19.7 Å². The van der Waals surface area contributed by atoms with E-state index in [0.29, 0.717) is 6.54 Å². The van der Waals surface area contributed by atoms with Gasteiger partial charge in [-0.1, -0.05) is 0 Å². The zero-order valence-corrected chi connectivity index (χ0v) is 10.9. The molecule has 0 amide bonds. The molecule has 19 heavy (non-hydrogen) atoms. The highest BCUT2D eigenvalue weighted by atomic mass is 32.2. The lowest BCUT2D eigenvalue weighted by Gasteiger charge is -2.17. The molecule has 0 bridgehead atoms. The van der Waals surface area contributed by atoms with E-state index in [2.05, 4.69) is 0 Å². The van der Waals surface area contributed by atoms with Gasteiger partial charge in [0.15, 0.2) is 0 Å². The van der Waals surface area contributed by atoms with E-state index < -0.39 is 14.9 Å². The van der Waals surface area contributed by atoms with Crippen molar-refractivity contribution in [2.24, 2.45) is 5.14 Å². The monoisotopic (exact) mass is 284 g/mol. The molecule has 0 saturated carbocycles. The van der Waals surface area contributed by atoms with Gasteiger partial charge in [-0.15, -0.1) is 0 Å². The Morgan fingerprint density at radius 2 is 2.16 bits per heavy atom. The maximum absolute atomic E-state index is 11.2. The molecule has 0 heterocycles. The van der Waals surface area contributed by atoms with Gasteiger partial charge in [0.05, 0.1) is 22.3 Å². The summed E-state index contributed by atoms with van der Waals surface area (Å²) < 4.78 is 22.3. The quantitative estimate of drug-likeness (QED) is 0.622. The van der Waals surface area contributed by atoms with E-state index in [-0.39, 0.29) is 22.7 Å². The molecule has 8 nitrogen and oxygen atoms in total. The molecular formula is C10H12N4O4S. The number of nitro groups is 1. The molecule has 0 atom stereocenters. The van der Waals surface area contributed by atoms with E-state index >= 15 is 0 Å². The third-order valence-corrected chi connectivity index (χ3v) is 3.35. The summed E-state index contributed by atoms with van der Waals surface area (Å²) in [7, 11) is -2.41. The predicted octanol–water partition coefficient (Wildman–Crippen LogP) is 0.592. The average molecular weight is 284 g/mol. The van der Waals surface area contributed by atoms with E-state index in [9.17, 15) is 18.5 Å². The minimum Gasteiger partial charge on any atom is -0.368 e. The fraction of sp³-hybridized carbons (Fsp3) is 0.300. The predicted molar refractivity (Wildman–Crippen MR) is 68.0 cm³/mol. The van der Waals surface area contributed by atoms with Crippen LogP contribution >= 0.6 is 0 Å². The molecule has 9 heteroatoms. The number of hydrogen-bond acceptors (Lipinski definition) is 6. The molecule has 0 aliphatic rings. The van der Waals surface area contributed by atoms with E-state index in [0.717, 1.165) is 6.07 Å². The largest absolute Gasteiger partial charge is 0.368 e. The number of nitriles is 1. The van der Waals surface area contributed by atoms with Crippen molar-refractivity contribution in [3.63, 3.8) is 0 Å². The maximum atomic E-state index is 11.2. The number of nitrogens with two attached hydrogens (primary N) is 1. The first-order chi connectivity index (χ1) is 8.77. The Labute approximate surface area is 110 Å². The number of benzene rings is 1. The van der Waals surface area contributed by atoms with E-state index in [4.69, 9.17) is 10.4 Å². The van der Waals surface area contributed by atoms with E-state index in [1.54, 1.807) is 7.05 Å². The molecular weight excluding hydrogens is 272 g/mol. The summed E-state index contributed by atoms with van der Waals surface area (Å²) in [5.74, 6) is 0. The Balaban J connectivity index is 3.27. The van der Waals surface area contributed by atoms with E-state index in [1.807, 2.05) is 6.07 Å². The number of rotatable bonds is 5. The van der Waals surface area contributed by atoms with Crippen LogP contribution in [0.5, 0.6) is 0 Å². The van der Waals surface area contributed by atoms with Crippen molar-refractivity contribution in [3.05, 3.63) is 28.3 Å².